The van der Waals surface area contributed by atoms with Gasteiger partial charge in [0, 0.05) is 11.5 Å². The lowest BCUT2D eigenvalue weighted by Crippen LogP contribution is -2.09. The molecule has 0 aliphatic rings. The van der Waals surface area contributed by atoms with Crippen LogP contribution in [0.5, 0.6) is 11.5 Å². The van der Waals surface area contributed by atoms with Crippen LogP contribution in [0.4, 0.5) is 0 Å². The highest BCUT2D eigenvalue weighted by Crippen LogP contribution is 2.17. The third kappa shape index (κ3) is 3.00. The third-order valence-electron chi connectivity index (χ3n) is 3.84. The van der Waals surface area contributed by atoms with Gasteiger partial charge in [-0.05, 0) is 24.3 Å². The van der Waals surface area contributed by atoms with E-state index < -0.39 is 5.56 Å². The van der Waals surface area contributed by atoms with Gasteiger partial charge < -0.3 is 14.5 Å². The molecule has 0 amide bonds. The molecule has 0 saturated heterocycles. The van der Waals surface area contributed by atoms with Crippen LogP contribution in [0.3, 0.4) is 0 Å². The number of hydrogen-bond acceptors (Lipinski definition) is 6. The average Bonchev–Trinajstić information content (AvgIpc) is 3.12. The van der Waals surface area contributed by atoms with Gasteiger partial charge in [0.2, 0.25) is 5.43 Å². The second kappa shape index (κ2) is 6.67. The minimum absolute atomic E-state index is 0.0232. The van der Waals surface area contributed by atoms with Crippen LogP contribution in [0, 0.1) is 0 Å². The SMILES string of the molecule is O=c1[nH]c2cc(OCCOc3ccccc3)ccc2c(=O)c2[nH]nnc12. The standard InChI is InChI=1S/C18H14N4O4/c23-17-13-7-6-12(26-9-8-25-11-4-2-1-3-5-11)10-14(13)19-18(24)16-15(17)20-22-21-16/h1-7,10H,8-9H2,(H,19,24)(H,20,21,22). The second-order valence-corrected chi connectivity index (χ2v) is 5.54. The predicted octanol–water partition coefficient (Wildman–Crippen LogP) is 1.62. The molecule has 0 aliphatic carbocycles. The molecule has 0 fully saturated rings. The van der Waals surface area contributed by atoms with Crippen molar-refractivity contribution in [3.05, 3.63) is 69.1 Å². The fourth-order valence-electron chi connectivity index (χ4n) is 2.61. The van der Waals surface area contributed by atoms with Gasteiger partial charge in [0.1, 0.15) is 30.2 Å². The van der Waals surface area contributed by atoms with Gasteiger partial charge >= 0.3 is 0 Å². The Hall–Kier alpha value is -3.68. The molecule has 0 radical (unpaired) electrons. The van der Waals surface area contributed by atoms with E-state index in [1.165, 1.54) is 0 Å². The number of nitrogens with zero attached hydrogens (tertiary/aromatic N) is 2. The molecule has 2 aromatic carbocycles. The van der Waals surface area contributed by atoms with E-state index in [2.05, 4.69) is 20.4 Å². The molecule has 0 saturated carbocycles. The summed E-state index contributed by atoms with van der Waals surface area (Å²) in [4.78, 5) is 27.3. The highest BCUT2D eigenvalue weighted by atomic mass is 16.5. The lowest BCUT2D eigenvalue weighted by molar-refractivity contribution is 0.217. The summed E-state index contributed by atoms with van der Waals surface area (Å²) in [5.41, 5.74) is -0.424. The molecule has 0 bridgehead atoms. The second-order valence-electron chi connectivity index (χ2n) is 5.54. The summed E-state index contributed by atoms with van der Waals surface area (Å²) in [7, 11) is 0. The van der Waals surface area contributed by atoms with Gasteiger partial charge in [0.05, 0.1) is 5.52 Å². The lowest BCUT2D eigenvalue weighted by atomic mass is 10.2. The van der Waals surface area contributed by atoms with Crippen LogP contribution in [0.2, 0.25) is 0 Å². The van der Waals surface area contributed by atoms with Gasteiger partial charge in [-0.15, -0.1) is 5.10 Å². The van der Waals surface area contributed by atoms with E-state index in [1.54, 1.807) is 18.2 Å². The van der Waals surface area contributed by atoms with E-state index in [9.17, 15) is 9.59 Å². The Kier molecular flexibility index (Phi) is 4.06. The summed E-state index contributed by atoms with van der Waals surface area (Å²) >= 11 is 0. The van der Waals surface area contributed by atoms with E-state index >= 15 is 0 Å². The van der Waals surface area contributed by atoms with Crippen molar-refractivity contribution in [1.29, 1.82) is 0 Å². The zero-order valence-corrected chi connectivity index (χ0v) is 13.6. The Balaban J connectivity index is 1.57. The van der Waals surface area contributed by atoms with Crippen LogP contribution < -0.4 is 20.5 Å². The molecule has 8 nitrogen and oxygen atoms in total. The average molecular weight is 350 g/mol. The number of ether oxygens (including phenoxy) is 2. The maximum atomic E-state index is 12.5. The molecule has 0 aliphatic heterocycles. The number of H-pyrrole nitrogens is 2. The number of benzene rings is 2. The summed E-state index contributed by atoms with van der Waals surface area (Å²) in [5, 5.41) is 9.99. The third-order valence-corrected chi connectivity index (χ3v) is 3.84. The number of para-hydroxylation sites is 1. The first-order valence-corrected chi connectivity index (χ1v) is 7.94. The zero-order chi connectivity index (χ0) is 17.9. The van der Waals surface area contributed by atoms with Crippen molar-refractivity contribution in [1.82, 2.24) is 20.4 Å². The van der Waals surface area contributed by atoms with E-state index in [0.717, 1.165) is 5.75 Å². The van der Waals surface area contributed by atoms with Crippen molar-refractivity contribution in [3.63, 3.8) is 0 Å². The quantitative estimate of drug-likeness (QED) is 0.529. The van der Waals surface area contributed by atoms with Crippen molar-refractivity contribution in [3.8, 4) is 11.5 Å². The van der Waals surface area contributed by atoms with Gasteiger partial charge in [-0.3, -0.25) is 14.7 Å². The number of rotatable bonds is 5. The Bertz CT molecular complexity index is 1180. The Labute approximate surface area is 146 Å². The van der Waals surface area contributed by atoms with Gasteiger partial charge in [-0.1, -0.05) is 23.4 Å². The number of hydrogen-bond donors (Lipinski definition) is 2. The predicted molar refractivity (Wildman–Crippen MR) is 95.7 cm³/mol. The maximum Gasteiger partial charge on any atom is 0.278 e. The molecule has 0 spiro atoms. The number of fused-ring (bicyclic) bond motifs is 2. The van der Waals surface area contributed by atoms with Crippen LogP contribution in [-0.2, 0) is 0 Å². The molecule has 0 atom stereocenters. The van der Waals surface area contributed by atoms with Crippen LogP contribution in [0.1, 0.15) is 0 Å². The van der Waals surface area contributed by atoms with Gasteiger partial charge in [-0.2, -0.15) is 0 Å². The normalized spacial score (nSPS) is 10.9. The van der Waals surface area contributed by atoms with E-state index in [4.69, 9.17) is 9.47 Å². The highest BCUT2D eigenvalue weighted by molar-refractivity contribution is 5.87. The van der Waals surface area contributed by atoms with Crippen molar-refractivity contribution >= 4 is 21.9 Å². The van der Waals surface area contributed by atoms with Crippen molar-refractivity contribution < 1.29 is 9.47 Å². The van der Waals surface area contributed by atoms with Crippen LogP contribution in [0.15, 0.2) is 58.1 Å². The Morgan fingerprint density at radius 1 is 0.923 bits per heavy atom. The van der Waals surface area contributed by atoms with E-state index in [-0.39, 0.29) is 16.5 Å². The minimum atomic E-state index is -0.495. The van der Waals surface area contributed by atoms with Gasteiger partial charge in [0.15, 0.2) is 5.52 Å². The first-order chi connectivity index (χ1) is 12.7. The summed E-state index contributed by atoms with van der Waals surface area (Å²) in [6.07, 6.45) is 0. The molecule has 4 aromatic rings. The van der Waals surface area contributed by atoms with E-state index in [1.807, 2.05) is 30.3 Å². The maximum absolute atomic E-state index is 12.5. The Morgan fingerprint density at radius 3 is 2.50 bits per heavy atom. The molecule has 2 aromatic heterocycles. The highest BCUT2D eigenvalue weighted by Gasteiger charge is 2.10. The molecule has 4 rings (SSSR count). The molecule has 2 N–H and O–H groups in total. The molecule has 26 heavy (non-hydrogen) atoms. The minimum Gasteiger partial charge on any atom is -0.490 e. The number of aromatic nitrogens is 4. The molecule has 130 valence electrons. The number of nitrogens with one attached hydrogen (secondary N) is 2. The van der Waals surface area contributed by atoms with Crippen molar-refractivity contribution in [2.75, 3.05) is 13.2 Å². The fourth-order valence-corrected chi connectivity index (χ4v) is 2.61. The Morgan fingerprint density at radius 2 is 1.69 bits per heavy atom. The van der Waals surface area contributed by atoms with E-state index in [0.29, 0.717) is 29.9 Å². The zero-order valence-electron chi connectivity index (χ0n) is 13.6. The smallest absolute Gasteiger partial charge is 0.278 e. The van der Waals surface area contributed by atoms with Gasteiger partial charge in [-0.25, -0.2) is 0 Å². The van der Waals surface area contributed by atoms with Crippen molar-refractivity contribution in [2.45, 2.75) is 0 Å². The number of aromatic amines is 2. The van der Waals surface area contributed by atoms with Crippen LogP contribution in [-0.4, -0.2) is 33.6 Å². The molecule has 0 unspecified atom stereocenters. The molecular formula is C18H14N4O4. The fraction of sp³-hybridized carbons (Fsp3) is 0.111. The lowest BCUT2D eigenvalue weighted by Gasteiger charge is -2.08. The summed E-state index contributed by atoms with van der Waals surface area (Å²) < 4.78 is 11.2. The van der Waals surface area contributed by atoms with Crippen LogP contribution in [0.25, 0.3) is 21.9 Å². The largest absolute Gasteiger partial charge is 0.490 e. The first kappa shape index (κ1) is 15.8. The monoisotopic (exact) mass is 350 g/mol. The molecular weight excluding hydrogens is 336 g/mol. The molecule has 8 heteroatoms. The molecule has 2 heterocycles. The summed E-state index contributed by atoms with van der Waals surface area (Å²) in [6, 6.07) is 14.3. The van der Waals surface area contributed by atoms with Gasteiger partial charge in [0.25, 0.3) is 5.56 Å². The summed E-state index contributed by atoms with van der Waals surface area (Å²) in [6.45, 7) is 0.687. The first-order valence-electron chi connectivity index (χ1n) is 7.94. The van der Waals surface area contributed by atoms with Crippen LogP contribution >= 0.6 is 0 Å². The van der Waals surface area contributed by atoms with Crippen molar-refractivity contribution in [2.24, 2.45) is 0 Å². The topological polar surface area (TPSA) is 110 Å². The summed E-state index contributed by atoms with van der Waals surface area (Å²) in [5.74, 6) is 1.28.